The van der Waals surface area contributed by atoms with Crippen LogP contribution >= 0.6 is 11.8 Å². The molecule has 152 valence electrons. The number of ether oxygens (including phenoxy) is 1. The summed E-state index contributed by atoms with van der Waals surface area (Å²) < 4.78 is 34.2. The van der Waals surface area contributed by atoms with Crippen molar-refractivity contribution in [2.45, 2.75) is 50.9 Å². The Labute approximate surface area is 165 Å². The fourth-order valence-corrected chi connectivity index (χ4v) is 4.78. The highest BCUT2D eigenvalue weighted by molar-refractivity contribution is 8.13. The second kappa shape index (κ2) is 7.31. The number of halogens is 2. The zero-order valence-electron chi connectivity index (χ0n) is 15.7. The molecule has 3 rings (SSSR count). The van der Waals surface area contributed by atoms with Crippen molar-refractivity contribution in [1.29, 1.82) is 0 Å². The number of amidine groups is 1. The Morgan fingerprint density at radius 3 is 2.82 bits per heavy atom. The molecular weight excluding hydrogens is 392 g/mol. The Morgan fingerprint density at radius 1 is 1.46 bits per heavy atom. The third-order valence-corrected chi connectivity index (χ3v) is 5.74. The molecule has 28 heavy (non-hydrogen) atoms. The van der Waals surface area contributed by atoms with Gasteiger partial charge >= 0.3 is 6.09 Å². The Balaban J connectivity index is 2.01. The summed E-state index contributed by atoms with van der Waals surface area (Å²) in [6.45, 7) is 5.13. The second-order valence-corrected chi connectivity index (χ2v) is 8.94. The van der Waals surface area contributed by atoms with Crippen LogP contribution in [0.3, 0.4) is 0 Å². The maximum absolute atomic E-state index is 14.7. The number of benzene rings is 1. The van der Waals surface area contributed by atoms with Crippen molar-refractivity contribution >= 4 is 28.7 Å². The first-order valence-electron chi connectivity index (χ1n) is 8.81. The van der Waals surface area contributed by atoms with E-state index >= 15 is 0 Å². The molecule has 1 fully saturated rings. The number of thioether (sulfide) groups is 1. The van der Waals surface area contributed by atoms with E-state index in [0.717, 1.165) is 18.2 Å². The second-order valence-electron chi connectivity index (χ2n) is 7.93. The molecule has 7 nitrogen and oxygen atoms in total. The summed E-state index contributed by atoms with van der Waals surface area (Å²) in [4.78, 5) is 27.1. The summed E-state index contributed by atoms with van der Waals surface area (Å²) >= 11 is 1.22. The van der Waals surface area contributed by atoms with Crippen molar-refractivity contribution in [1.82, 2.24) is 5.32 Å². The average molecular weight is 413 g/mol. The molecule has 0 spiro atoms. The highest BCUT2D eigenvalue weighted by Crippen LogP contribution is 2.52. The van der Waals surface area contributed by atoms with Gasteiger partial charge in [-0.1, -0.05) is 11.8 Å². The van der Waals surface area contributed by atoms with Crippen LogP contribution in [0.5, 0.6) is 0 Å². The van der Waals surface area contributed by atoms with E-state index in [2.05, 4.69) is 10.3 Å². The molecule has 10 heteroatoms. The van der Waals surface area contributed by atoms with Crippen molar-refractivity contribution in [2.75, 3.05) is 5.75 Å². The number of nitrogens with one attached hydrogen (secondary N) is 1. The van der Waals surface area contributed by atoms with E-state index in [1.165, 1.54) is 11.8 Å². The quantitative estimate of drug-likeness (QED) is 0.576. The molecule has 1 aromatic rings. The number of nitro groups is 1. The van der Waals surface area contributed by atoms with Crippen molar-refractivity contribution in [2.24, 2.45) is 10.9 Å². The summed E-state index contributed by atoms with van der Waals surface area (Å²) in [6.07, 6.45) is -1.86. The lowest BCUT2D eigenvalue weighted by molar-refractivity contribution is -0.385. The molecule has 3 atom stereocenters. The van der Waals surface area contributed by atoms with Crippen LogP contribution in [-0.2, 0) is 10.3 Å². The van der Waals surface area contributed by atoms with E-state index in [0.29, 0.717) is 5.75 Å². The SMILES string of the molecule is CC(C)(C)OC(=O)NC1=N[C@@]2(c3cc([N+](=O)[O-])ccc3F)C[C@H](F)C[C@H]2CS1. The van der Waals surface area contributed by atoms with Gasteiger partial charge in [0.2, 0.25) is 0 Å². The molecule has 0 aromatic heterocycles. The summed E-state index contributed by atoms with van der Waals surface area (Å²) in [5.41, 5.74) is -2.32. The fourth-order valence-electron chi connectivity index (χ4n) is 3.63. The van der Waals surface area contributed by atoms with E-state index in [1.54, 1.807) is 20.8 Å². The molecule has 0 unspecified atom stereocenters. The van der Waals surface area contributed by atoms with Crippen LogP contribution in [0, 0.1) is 21.8 Å². The molecular formula is C18H21F2N3O4S. The van der Waals surface area contributed by atoms with Crippen LogP contribution in [-0.4, -0.2) is 33.7 Å². The Hall–Kier alpha value is -2.23. The van der Waals surface area contributed by atoms with Gasteiger partial charge in [0.25, 0.3) is 5.69 Å². The topological polar surface area (TPSA) is 93.8 Å². The van der Waals surface area contributed by atoms with Crippen LogP contribution in [0.4, 0.5) is 19.3 Å². The van der Waals surface area contributed by atoms with E-state index in [9.17, 15) is 23.7 Å². The minimum Gasteiger partial charge on any atom is -0.444 e. The fraction of sp³-hybridized carbons (Fsp3) is 0.556. The van der Waals surface area contributed by atoms with E-state index < -0.39 is 34.1 Å². The molecule has 0 saturated heterocycles. The highest BCUT2D eigenvalue weighted by Gasteiger charge is 2.53. The van der Waals surface area contributed by atoms with Gasteiger partial charge in [-0.3, -0.25) is 20.4 Å². The molecule has 1 aliphatic carbocycles. The lowest BCUT2D eigenvalue weighted by Crippen LogP contribution is -2.42. The number of non-ortho nitro benzene ring substituents is 1. The Morgan fingerprint density at radius 2 is 2.18 bits per heavy atom. The van der Waals surface area contributed by atoms with Gasteiger partial charge in [-0.05, 0) is 33.3 Å². The number of carbonyl (C=O) groups is 1. The van der Waals surface area contributed by atoms with Crippen LogP contribution < -0.4 is 5.32 Å². The van der Waals surface area contributed by atoms with Crippen molar-refractivity contribution in [3.05, 3.63) is 39.7 Å². The average Bonchev–Trinajstić information content (AvgIpc) is 2.89. The summed E-state index contributed by atoms with van der Waals surface area (Å²) in [6, 6.07) is 3.18. The normalized spacial score (nSPS) is 27.0. The molecule has 1 N–H and O–H groups in total. The van der Waals surface area contributed by atoms with Crippen LogP contribution in [0.2, 0.25) is 0 Å². The maximum atomic E-state index is 14.7. The van der Waals surface area contributed by atoms with E-state index in [4.69, 9.17) is 4.74 Å². The van der Waals surface area contributed by atoms with Gasteiger partial charge < -0.3 is 4.74 Å². The minimum absolute atomic E-state index is 0.0179. The zero-order valence-corrected chi connectivity index (χ0v) is 16.5. The highest BCUT2D eigenvalue weighted by atomic mass is 32.2. The number of amides is 1. The van der Waals surface area contributed by atoms with Gasteiger partial charge in [-0.15, -0.1) is 0 Å². The number of hydrogen-bond donors (Lipinski definition) is 1. The first-order chi connectivity index (χ1) is 13.0. The number of alkyl halides is 1. The van der Waals surface area contributed by atoms with Crippen molar-refractivity contribution in [3.63, 3.8) is 0 Å². The van der Waals surface area contributed by atoms with Crippen LogP contribution in [0.15, 0.2) is 23.2 Å². The third-order valence-electron chi connectivity index (χ3n) is 4.71. The predicted octanol–water partition coefficient (Wildman–Crippen LogP) is 4.30. The lowest BCUT2D eigenvalue weighted by atomic mass is 9.81. The van der Waals surface area contributed by atoms with Crippen LogP contribution in [0.25, 0.3) is 0 Å². The van der Waals surface area contributed by atoms with Crippen molar-refractivity contribution < 1.29 is 23.2 Å². The number of aliphatic imine (C=N–C) groups is 1. The number of alkyl carbamates (subject to hydrolysis) is 1. The maximum Gasteiger partial charge on any atom is 0.413 e. The molecule has 0 radical (unpaired) electrons. The summed E-state index contributed by atoms with van der Waals surface area (Å²) in [5, 5.41) is 13.9. The number of rotatable bonds is 2. The van der Waals surface area contributed by atoms with Gasteiger partial charge in [-0.2, -0.15) is 0 Å². The molecule has 1 aliphatic heterocycles. The predicted molar refractivity (Wildman–Crippen MR) is 102 cm³/mol. The number of hydrogen-bond acceptors (Lipinski definition) is 6. The summed E-state index contributed by atoms with van der Waals surface area (Å²) in [5.74, 6) is -0.623. The number of nitro benzene ring substituents is 1. The number of fused-ring (bicyclic) bond motifs is 1. The largest absolute Gasteiger partial charge is 0.444 e. The van der Waals surface area contributed by atoms with Gasteiger partial charge in [0.1, 0.15) is 17.6 Å². The van der Waals surface area contributed by atoms with E-state index in [-0.39, 0.29) is 35.2 Å². The summed E-state index contributed by atoms with van der Waals surface area (Å²) in [7, 11) is 0. The van der Waals surface area contributed by atoms with Crippen molar-refractivity contribution in [3.8, 4) is 0 Å². The smallest absolute Gasteiger partial charge is 0.413 e. The molecule has 1 heterocycles. The molecule has 1 aromatic carbocycles. The molecule has 1 amide bonds. The zero-order chi connectivity index (χ0) is 20.7. The first-order valence-corrected chi connectivity index (χ1v) is 9.80. The minimum atomic E-state index is -1.30. The van der Waals surface area contributed by atoms with Gasteiger partial charge in [0, 0.05) is 35.8 Å². The van der Waals surface area contributed by atoms with Gasteiger partial charge in [0.15, 0.2) is 5.17 Å². The number of nitrogens with zero attached hydrogens (tertiary/aromatic N) is 2. The molecule has 2 aliphatic rings. The van der Waals surface area contributed by atoms with E-state index in [1.807, 2.05) is 0 Å². The monoisotopic (exact) mass is 413 g/mol. The third kappa shape index (κ3) is 4.11. The lowest BCUT2D eigenvalue weighted by Gasteiger charge is -2.36. The van der Waals surface area contributed by atoms with Gasteiger partial charge in [0.05, 0.1) is 10.5 Å². The first kappa shape index (κ1) is 20.5. The van der Waals surface area contributed by atoms with Gasteiger partial charge in [-0.25, -0.2) is 13.6 Å². The Bertz CT molecular complexity index is 843. The van der Waals surface area contributed by atoms with Crippen LogP contribution in [0.1, 0.15) is 39.2 Å². The number of carbonyl (C=O) groups excluding carboxylic acids is 1. The molecule has 1 saturated carbocycles. The molecule has 0 bridgehead atoms. The Kier molecular flexibility index (Phi) is 5.35. The standard InChI is InChI=1S/C18H21F2N3O4S/c1-17(2,3)27-16(24)21-15-22-18(8-11(19)6-10(18)9-28-15)13-7-12(23(25)26)4-5-14(13)20/h4-5,7,10-11H,6,8-9H2,1-3H3,(H,21,22,24)/t10-,11+,18-/m0/s1.